The van der Waals surface area contributed by atoms with Crippen molar-refractivity contribution in [3.8, 4) is 0 Å². The van der Waals surface area contributed by atoms with E-state index in [2.05, 4.69) is 12.1 Å². The number of Topliss-reactive ketones (excluding diaryl/α,β-unsaturated/α-hetero) is 2. The summed E-state index contributed by atoms with van der Waals surface area (Å²) in [6.45, 7) is 2.87. The molecule has 0 aliphatic heterocycles. The molecule has 140 valence electrons. The Balaban J connectivity index is 1.70. The SMILES string of the molecule is CCC1=C(Sc2ccccc2)C(COCCc2ccccc2)C(=O)CC1=O. The van der Waals surface area contributed by atoms with E-state index in [1.54, 1.807) is 0 Å². The van der Waals surface area contributed by atoms with Crippen LogP contribution in [0, 0.1) is 5.92 Å². The van der Waals surface area contributed by atoms with Gasteiger partial charge in [-0.3, -0.25) is 9.59 Å². The number of rotatable bonds is 8. The highest BCUT2D eigenvalue weighted by molar-refractivity contribution is 8.03. The Bertz CT molecular complexity index is 812. The van der Waals surface area contributed by atoms with Gasteiger partial charge in [0.05, 0.1) is 25.6 Å². The van der Waals surface area contributed by atoms with Crippen molar-refractivity contribution in [3.63, 3.8) is 0 Å². The topological polar surface area (TPSA) is 43.4 Å². The van der Waals surface area contributed by atoms with Gasteiger partial charge in [0.2, 0.25) is 0 Å². The van der Waals surface area contributed by atoms with Crippen molar-refractivity contribution >= 4 is 23.3 Å². The molecule has 0 aromatic heterocycles. The number of carbonyl (C=O) groups excluding carboxylic acids is 2. The molecule has 0 radical (unpaired) electrons. The van der Waals surface area contributed by atoms with E-state index in [4.69, 9.17) is 4.74 Å². The number of carbonyl (C=O) groups is 2. The second kappa shape index (κ2) is 9.67. The lowest BCUT2D eigenvalue weighted by molar-refractivity contribution is -0.129. The molecule has 2 aromatic carbocycles. The minimum Gasteiger partial charge on any atom is -0.380 e. The summed E-state index contributed by atoms with van der Waals surface area (Å²) in [6.07, 6.45) is 1.45. The van der Waals surface area contributed by atoms with E-state index in [1.165, 1.54) is 17.3 Å². The van der Waals surface area contributed by atoms with Crippen LogP contribution in [-0.4, -0.2) is 24.8 Å². The molecule has 0 fully saturated rings. The largest absolute Gasteiger partial charge is 0.380 e. The molecule has 1 aliphatic rings. The first-order valence-corrected chi connectivity index (χ1v) is 10.1. The zero-order valence-corrected chi connectivity index (χ0v) is 16.3. The highest BCUT2D eigenvalue weighted by atomic mass is 32.2. The first kappa shape index (κ1) is 19.6. The third kappa shape index (κ3) is 5.18. The molecule has 0 bridgehead atoms. The van der Waals surface area contributed by atoms with E-state index in [9.17, 15) is 9.59 Å². The minimum atomic E-state index is -0.348. The Morgan fingerprint density at radius 2 is 1.67 bits per heavy atom. The summed E-state index contributed by atoms with van der Waals surface area (Å²) in [5.74, 6) is -0.421. The predicted octanol–water partition coefficient (Wildman–Crippen LogP) is 4.86. The number of thioether (sulfide) groups is 1. The molecule has 1 unspecified atom stereocenters. The van der Waals surface area contributed by atoms with Crippen molar-refractivity contribution in [3.05, 3.63) is 76.7 Å². The van der Waals surface area contributed by atoms with Crippen molar-refractivity contribution in [2.45, 2.75) is 31.1 Å². The van der Waals surface area contributed by atoms with E-state index in [0.29, 0.717) is 19.6 Å². The van der Waals surface area contributed by atoms with Crippen LogP contribution < -0.4 is 0 Å². The van der Waals surface area contributed by atoms with Gasteiger partial charge in [-0.05, 0) is 30.5 Å². The van der Waals surface area contributed by atoms with Crippen LogP contribution in [0.4, 0.5) is 0 Å². The fourth-order valence-electron chi connectivity index (χ4n) is 3.21. The van der Waals surface area contributed by atoms with Gasteiger partial charge in [0.15, 0.2) is 11.6 Å². The highest BCUT2D eigenvalue weighted by Gasteiger charge is 2.34. The molecular formula is C23H24O3S. The molecule has 1 aliphatic carbocycles. The average Bonchev–Trinajstić information content (AvgIpc) is 2.69. The molecule has 27 heavy (non-hydrogen) atoms. The summed E-state index contributed by atoms with van der Waals surface area (Å²) >= 11 is 1.53. The number of hydrogen-bond acceptors (Lipinski definition) is 4. The van der Waals surface area contributed by atoms with Crippen LogP contribution in [0.3, 0.4) is 0 Å². The average molecular weight is 381 g/mol. The summed E-state index contributed by atoms with van der Waals surface area (Å²) in [6, 6.07) is 20.0. The van der Waals surface area contributed by atoms with E-state index in [0.717, 1.165) is 21.8 Å². The Hall–Kier alpha value is -2.17. The van der Waals surface area contributed by atoms with Gasteiger partial charge in [-0.15, -0.1) is 0 Å². The van der Waals surface area contributed by atoms with Crippen LogP contribution in [0.5, 0.6) is 0 Å². The minimum absolute atomic E-state index is 0.00522. The van der Waals surface area contributed by atoms with Crippen molar-refractivity contribution in [1.29, 1.82) is 0 Å². The van der Waals surface area contributed by atoms with Gasteiger partial charge < -0.3 is 4.74 Å². The maximum absolute atomic E-state index is 12.6. The normalized spacial score (nSPS) is 17.4. The van der Waals surface area contributed by atoms with Gasteiger partial charge >= 0.3 is 0 Å². The predicted molar refractivity (Wildman–Crippen MR) is 109 cm³/mol. The first-order valence-electron chi connectivity index (χ1n) is 9.32. The van der Waals surface area contributed by atoms with Crippen LogP contribution in [0.2, 0.25) is 0 Å². The zero-order valence-electron chi connectivity index (χ0n) is 15.5. The monoisotopic (exact) mass is 380 g/mol. The first-order chi connectivity index (χ1) is 13.2. The van der Waals surface area contributed by atoms with Gasteiger partial charge in [-0.2, -0.15) is 0 Å². The second-order valence-electron chi connectivity index (χ2n) is 6.54. The van der Waals surface area contributed by atoms with Crippen LogP contribution in [0.1, 0.15) is 25.3 Å². The lowest BCUT2D eigenvalue weighted by Crippen LogP contribution is -2.31. The van der Waals surface area contributed by atoms with Crippen molar-refractivity contribution in [1.82, 2.24) is 0 Å². The smallest absolute Gasteiger partial charge is 0.167 e. The van der Waals surface area contributed by atoms with Crippen molar-refractivity contribution < 1.29 is 14.3 Å². The lowest BCUT2D eigenvalue weighted by atomic mass is 9.87. The molecule has 3 rings (SSSR count). The van der Waals surface area contributed by atoms with Crippen LogP contribution in [0.15, 0.2) is 76.0 Å². The van der Waals surface area contributed by atoms with Crippen LogP contribution in [0.25, 0.3) is 0 Å². The van der Waals surface area contributed by atoms with E-state index in [1.807, 2.05) is 55.5 Å². The van der Waals surface area contributed by atoms with Gasteiger partial charge in [0.25, 0.3) is 0 Å². The molecule has 4 heteroatoms. The molecule has 0 heterocycles. The number of allylic oxidation sites excluding steroid dienone is 1. The highest BCUT2D eigenvalue weighted by Crippen LogP contribution is 2.39. The lowest BCUT2D eigenvalue weighted by Gasteiger charge is -2.26. The van der Waals surface area contributed by atoms with Gasteiger partial charge in [-0.25, -0.2) is 0 Å². The third-order valence-electron chi connectivity index (χ3n) is 4.66. The Morgan fingerprint density at radius 1 is 1.00 bits per heavy atom. The maximum atomic E-state index is 12.6. The summed E-state index contributed by atoms with van der Waals surface area (Å²) in [4.78, 5) is 26.8. The van der Waals surface area contributed by atoms with Crippen molar-refractivity contribution in [2.24, 2.45) is 5.92 Å². The molecule has 0 amide bonds. The summed E-state index contributed by atoms with van der Waals surface area (Å²) < 4.78 is 5.86. The molecule has 0 spiro atoms. The molecule has 0 saturated heterocycles. The molecule has 0 N–H and O–H groups in total. The van der Waals surface area contributed by atoms with Crippen LogP contribution >= 0.6 is 11.8 Å². The molecule has 0 saturated carbocycles. The van der Waals surface area contributed by atoms with Crippen LogP contribution in [-0.2, 0) is 20.7 Å². The molecule has 3 nitrogen and oxygen atoms in total. The number of ketones is 2. The van der Waals surface area contributed by atoms with E-state index < -0.39 is 0 Å². The molecular weight excluding hydrogens is 356 g/mol. The Kier molecular flexibility index (Phi) is 7.02. The van der Waals surface area contributed by atoms with Gasteiger partial charge in [-0.1, -0.05) is 67.2 Å². The summed E-state index contributed by atoms with van der Waals surface area (Å²) in [7, 11) is 0. The number of benzene rings is 2. The quantitative estimate of drug-likeness (QED) is 0.484. The fraction of sp³-hybridized carbons (Fsp3) is 0.304. The third-order valence-corrected chi connectivity index (χ3v) is 5.92. The number of hydrogen-bond donors (Lipinski definition) is 0. The maximum Gasteiger partial charge on any atom is 0.167 e. The summed E-state index contributed by atoms with van der Waals surface area (Å²) in [5.41, 5.74) is 1.99. The van der Waals surface area contributed by atoms with Gasteiger partial charge in [0, 0.05) is 15.4 Å². The molecule has 1 atom stereocenters. The fourth-order valence-corrected chi connectivity index (χ4v) is 4.48. The molecule has 2 aromatic rings. The zero-order chi connectivity index (χ0) is 19.1. The van der Waals surface area contributed by atoms with Crippen molar-refractivity contribution in [2.75, 3.05) is 13.2 Å². The summed E-state index contributed by atoms with van der Waals surface area (Å²) in [5, 5.41) is 0. The van der Waals surface area contributed by atoms with E-state index in [-0.39, 0.29) is 23.9 Å². The number of ether oxygens (including phenoxy) is 1. The Morgan fingerprint density at radius 3 is 2.33 bits per heavy atom. The van der Waals surface area contributed by atoms with E-state index >= 15 is 0 Å². The standard InChI is InChI=1S/C23H24O3S/c1-2-19-21(24)15-22(25)20(23(19)27-18-11-7-4-8-12-18)16-26-14-13-17-9-5-3-6-10-17/h3-12,20H,2,13-16H2,1H3. The Labute approximate surface area is 164 Å². The van der Waals surface area contributed by atoms with Gasteiger partial charge in [0.1, 0.15) is 0 Å². The second-order valence-corrected chi connectivity index (χ2v) is 7.66.